The Morgan fingerprint density at radius 1 is 1.08 bits per heavy atom. The Labute approximate surface area is 348 Å². The van der Waals surface area contributed by atoms with Crippen LogP contribution in [-0.2, 0) is 29.1 Å². The van der Waals surface area contributed by atoms with Crippen LogP contribution in [0.3, 0.4) is 0 Å². The number of halogens is 3. The monoisotopic (exact) mass is 865 g/mol. The first-order valence-electron chi connectivity index (χ1n) is 20.2. The molecule has 1 aromatic heterocycles. The van der Waals surface area contributed by atoms with Crippen molar-refractivity contribution in [2.45, 2.75) is 140 Å². The van der Waals surface area contributed by atoms with Crippen molar-refractivity contribution in [3.05, 3.63) is 41.4 Å². The number of allylic oxidation sites excluding steroid dienone is 1. The first-order chi connectivity index (χ1) is 27.5. The number of nitrogens with zero attached hydrogens (tertiary/aromatic N) is 2. The largest absolute Gasteiger partial charge is 0.475 e. The van der Waals surface area contributed by atoms with Crippen LogP contribution in [0.1, 0.15) is 93.4 Å². The van der Waals surface area contributed by atoms with Gasteiger partial charge in [-0.1, -0.05) is 43.7 Å². The van der Waals surface area contributed by atoms with Gasteiger partial charge in [0.2, 0.25) is 33.6 Å². The van der Waals surface area contributed by atoms with Gasteiger partial charge in [-0.2, -0.15) is 4.98 Å². The summed E-state index contributed by atoms with van der Waals surface area (Å²) in [6, 6.07) is 4.23. The van der Waals surface area contributed by atoms with E-state index in [1.165, 1.54) is 4.90 Å². The van der Waals surface area contributed by atoms with Gasteiger partial charge in [0.05, 0.1) is 17.9 Å². The molecule has 4 amide bonds. The van der Waals surface area contributed by atoms with Crippen molar-refractivity contribution in [3.63, 3.8) is 0 Å². The van der Waals surface area contributed by atoms with Gasteiger partial charge in [0.1, 0.15) is 23.7 Å². The predicted molar refractivity (Wildman–Crippen MR) is 216 cm³/mol. The topological polar surface area (TPSA) is 182 Å². The molecule has 7 atom stereocenters. The van der Waals surface area contributed by atoms with Gasteiger partial charge in [-0.15, -0.1) is 0 Å². The molecule has 7 unspecified atom stereocenters. The molecule has 324 valence electrons. The van der Waals surface area contributed by atoms with Crippen LogP contribution in [0.4, 0.5) is 13.6 Å². The minimum absolute atomic E-state index is 0.0111. The highest BCUT2D eigenvalue weighted by Gasteiger charge is 2.62. The Balaban J connectivity index is 1.37. The number of sulfonamides is 1. The van der Waals surface area contributed by atoms with Crippen molar-refractivity contribution in [3.8, 4) is 11.8 Å². The molecule has 2 aliphatic heterocycles. The Morgan fingerprint density at radius 2 is 1.80 bits per heavy atom. The zero-order valence-corrected chi connectivity index (χ0v) is 35.9. The second kappa shape index (κ2) is 16.7. The van der Waals surface area contributed by atoms with E-state index in [0.717, 1.165) is 13.8 Å². The molecule has 2 saturated carbocycles. The van der Waals surface area contributed by atoms with Gasteiger partial charge in [0.25, 0.3) is 11.8 Å². The zero-order chi connectivity index (χ0) is 43.2. The summed E-state index contributed by atoms with van der Waals surface area (Å²) in [6.07, 6.45) is 3.85. The van der Waals surface area contributed by atoms with Gasteiger partial charge in [-0.05, 0) is 90.2 Å². The van der Waals surface area contributed by atoms with Crippen molar-refractivity contribution in [2.75, 3.05) is 6.54 Å². The maximum Gasteiger partial charge on any atom is 0.408 e. The fraction of sp³-hybridized carbons (Fsp3) is 0.634. The lowest BCUT2D eigenvalue weighted by atomic mass is 9.88. The smallest absolute Gasteiger partial charge is 0.408 e. The second-order valence-corrected chi connectivity index (χ2v) is 19.8. The quantitative estimate of drug-likeness (QED) is 0.238. The van der Waals surface area contributed by atoms with Crippen LogP contribution >= 0.6 is 11.6 Å². The molecule has 6 rings (SSSR count). The molecule has 3 heterocycles. The molecule has 3 fully saturated rings. The predicted octanol–water partition coefficient (Wildman–Crippen LogP) is 6.05. The number of carbonyl (C=O) groups excluding carboxylic acids is 4. The van der Waals surface area contributed by atoms with Gasteiger partial charge in [-0.3, -0.25) is 19.1 Å². The second-order valence-electron chi connectivity index (χ2n) is 17.4. The summed E-state index contributed by atoms with van der Waals surface area (Å²) in [7, 11) is -3.97. The molecule has 0 bridgehead atoms. The van der Waals surface area contributed by atoms with E-state index in [-0.39, 0.29) is 43.2 Å². The highest BCUT2D eigenvalue weighted by atomic mass is 35.5. The lowest BCUT2D eigenvalue weighted by molar-refractivity contribution is -0.152. The molecule has 4 aliphatic rings. The average Bonchev–Trinajstić information content (AvgIpc) is 4.05. The third-order valence-corrected chi connectivity index (χ3v) is 13.8. The van der Waals surface area contributed by atoms with Crippen LogP contribution in [0.5, 0.6) is 11.8 Å². The first-order valence-corrected chi connectivity index (χ1v) is 22.1. The zero-order valence-electron chi connectivity index (χ0n) is 34.4. The number of aromatic nitrogens is 1. The van der Waals surface area contributed by atoms with E-state index in [0.29, 0.717) is 54.8 Å². The average molecular weight is 866 g/mol. The Bertz CT molecular complexity index is 2110. The molecule has 14 nitrogen and oxygen atoms in total. The van der Waals surface area contributed by atoms with Gasteiger partial charge >= 0.3 is 6.09 Å². The van der Waals surface area contributed by atoms with Gasteiger partial charge in [0.15, 0.2) is 5.60 Å². The van der Waals surface area contributed by atoms with Crippen molar-refractivity contribution in [1.82, 2.24) is 25.2 Å². The molecule has 2 aromatic rings. The molecule has 1 aromatic carbocycles. The summed E-state index contributed by atoms with van der Waals surface area (Å²) in [5.41, 5.74) is -3.84. The van der Waals surface area contributed by atoms with Gasteiger partial charge in [0, 0.05) is 41.1 Å². The van der Waals surface area contributed by atoms with E-state index in [4.69, 9.17) is 25.8 Å². The number of fused-ring (bicyclic) bond motifs is 3. The summed E-state index contributed by atoms with van der Waals surface area (Å²) in [5.74, 6) is -6.47. The number of hydrogen-bond acceptors (Lipinski definition) is 10. The molecule has 1 saturated heterocycles. The van der Waals surface area contributed by atoms with E-state index in [1.807, 2.05) is 32.9 Å². The molecule has 18 heteroatoms. The normalized spacial score (nSPS) is 28.2. The fourth-order valence-electron chi connectivity index (χ4n) is 7.71. The number of alkyl halides is 2. The standard InChI is InChI=1S/C41H54ClF2N5O9S/c1-22(2)56-32-19-29-28(13-10-14-30(29)42)35(45-32)57-26-18-31-34(50)47-41(37(52)48-59(54,55)27-15-16-27)20-25(41)12-9-8-11-23(3)17-24(4)33(36(51)49(31)21-26)46-38(53)58-39(5,6)40(7,43)44/h9-10,12-14,19,22-27,31,33H,8,11,15-18,20-21H2,1-7H3,(H,46,53)(H,47,50)(H,48,52). The SMILES string of the molecule is CC1CCC=CC2CC2(C(=O)NS(=O)(=O)C2CC2)NC(=O)C2CC(Oc3nc(OC(C)C)cc4c(Cl)cccc34)CN2C(=O)C(NC(=O)OC(C)(C)C(C)(F)F)C(C)C1. The number of rotatable bonds is 10. The van der Waals surface area contributed by atoms with Crippen LogP contribution in [0.15, 0.2) is 36.4 Å². The van der Waals surface area contributed by atoms with Crippen molar-refractivity contribution >= 4 is 56.2 Å². The molecule has 2 aliphatic carbocycles. The number of benzene rings is 1. The Kier molecular flexibility index (Phi) is 12.5. The lowest BCUT2D eigenvalue weighted by Gasteiger charge is -2.35. The maximum absolute atomic E-state index is 14.9. The number of amides is 4. The van der Waals surface area contributed by atoms with Crippen LogP contribution in [-0.4, -0.2) is 95.3 Å². The van der Waals surface area contributed by atoms with E-state index < -0.39 is 86.2 Å². The van der Waals surface area contributed by atoms with Crippen molar-refractivity contribution < 1.29 is 50.6 Å². The van der Waals surface area contributed by atoms with Crippen LogP contribution < -0.4 is 24.8 Å². The van der Waals surface area contributed by atoms with Crippen molar-refractivity contribution in [1.29, 1.82) is 0 Å². The van der Waals surface area contributed by atoms with E-state index in [1.54, 1.807) is 31.2 Å². The minimum atomic E-state index is -3.97. The van der Waals surface area contributed by atoms with E-state index in [2.05, 4.69) is 20.3 Å². The Morgan fingerprint density at radius 3 is 2.46 bits per heavy atom. The van der Waals surface area contributed by atoms with Crippen LogP contribution in [0.2, 0.25) is 5.02 Å². The number of carbonyl (C=O) groups is 4. The number of ether oxygens (including phenoxy) is 3. The first kappa shape index (κ1) is 44.3. The summed E-state index contributed by atoms with van der Waals surface area (Å²) in [6.45, 7) is 9.95. The third-order valence-electron chi connectivity index (χ3n) is 11.7. The summed E-state index contributed by atoms with van der Waals surface area (Å²) >= 11 is 6.58. The fourth-order valence-corrected chi connectivity index (χ4v) is 9.30. The molecule has 3 N–H and O–H groups in total. The molecule has 59 heavy (non-hydrogen) atoms. The van der Waals surface area contributed by atoms with Crippen LogP contribution in [0.25, 0.3) is 10.8 Å². The molecular weight excluding hydrogens is 812 g/mol. The highest BCUT2D eigenvalue weighted by Crippen LogP contribution is 2.46. The van der Waals surface area contributed by atoms with E-state index >= 15 is 0 Å². The number of hydrogen-bond donors (Lipinski definition) is 3. The van der Waals surface area contributed by atoms with Gasteiger partial charge < -0.3 is 29.7 Å². The number of nitrogens with one attached hydrogen (secondary N) is 3. The molecule has 0 spiro atoms. The minimum Gasteiger partial charge on any atom is -0.475 e. The number of alkyl carbamates (subject to hydrolysis) is 1. The van der Waals surface area contributed by atoms with Crippen LogP contribution in [0, 0.1) is 17.8 Å². The summed E-state index contributed by atoms with van der Waals surface area (Å²) in [4.78, 5) is 62.5. The van der Waals surface area contributed by atoms with Gasteiger partial charge in [-0.25, -0.2) is 22.0 Å². The molecule has 0 radical (unpaired) electrons. The van der Waals surface area contributed by atoms with E-state index in [9.17, 15) is 36.4 Å². The highest BCUT2D eigenvalue weighted by molar-refractivity contribution is 7.91. The Hall–Kier alpha value is -4.25. The van der Waals surface area contributed by atoms with Crippen molar-refractivity contribution in [2.24, 2.45) is 17.8 Å². The third kappa shape index (κ3) is 9.87. The summed E-state index contributed by atoms with van der Waals surface area (Å²) in [5, 5.41) is 6.21. The molecular formula is C41H54ClF2N5O9S. The summed E-state index contributed by atoms with van der Waals surface area (Å²) < 4.78 is 74.4. The lowest BCUT2D eigenvalue weighted by Crippen LogP contribution is -2.59. The number of pyridine rings is 1. The maximum atomic E-state index is 14.9.